The zero-order chi connectivity index (χ0) is 11.7. The number of nitrogens with zero attached hydrogens (tertiary/aromatic N) is 1. The molecule has 1 aromatic rings. The number of halogens is 2. The van der Waals surface area contributed by atoms with E-state index < -0.39 is 6.23 Å². The maximum Gasteiger partial charge on any atom is 0.256 e. The molecule has 0 spiro atoms. The number of benzene rings is 1. The molecule has 1 amide bonds. The zero-order valence-electron chi connectivity index (χ0n) is 8.44. The summed E-state index contributed by atoms with van der Waals surface area (Å²) in [5.74, 6) is -0.103. The number of hydrogen-bond acceptors (Lipinski definition) is 2. The minimum atomic E-state index is -0.817. The van der Waals surface area contributed by atoms with Crippen LogP contribution in [0.3, 0.4) is 0 Å². The van der Waals surface area contributed by atoms with Gasteiger partial charge in [0.15, 0.2) is 6.23 Å². The Balaban J connectivity index is 2.24. The minimum Gasteiger partial charge on any atom is -0.369 e. The van der Waals surface area contributed by atoms with Crippen molar-refractivity contribution in [1.82, 2.24) is 4.90 Å². The number of carbonyl (C=O) groups excluding carboxylic acids is 1. The van der Waals surface area contributed by atoms with Gasteiger partial charge in [-0.3, -0.25) is 4.79 Å². The summed E-state index contributed by atoms with van der Waals surface area (Å²) in [5.41, 5.74) is 1.30. The summed E-state index contributed by atoms with van der Waals surface area (Å²) in [6.07, 6.45) is -0.817. The number of fused-ring (bicyclic) bond motifs is 1. The van der Waals surface area contributed by atoms with Crippen molar-refractivity contribution in [3.05, 3.63) is 35.4 Å². The molecule has 2 unspecified atom stereocenters. The normalized spacial score (nSPS) is 21.1. The average molecular weight is 349 g/mol. The van der Waals surface area contributed by atoms with Crippen molar-refractivity contribution in [2.24, 2.45) is 0 Å². The maximum absolute atomic E-state index is 12.0. The SMILES string of the molecule is O=C1c2ccccc2C(O)N1CC(Br)CBr. The van der Waals surface area contributed by atoms with Gasteiger partial charge in [0, 0.05) is 27.8 Å². The molecule has 0 fully saturated rings. The number of amides is 1. The molecule has 0 bridgehead atoms. The van der Waals surface area contributed by atoms with E-state index in [0.717, 1.165) is 5.33 Å². The first kappa shape index (κ1) is 12.1. The second-order valence-corrected chi connectivity index (χ2v) is 5.61. The molecule has 16 heavy (non-hydrogen) atoms. The summed E-state index contributed by atoms with van der Waals surface area (Å²) >= 11 is 6.77. The van der Waals surface area contributed by atoms with Gasteiger partial charge in [-0.25, -0.2) is 0 Å². The summed E-state index contributed by atoms with van der Waals surface area (Å²) < 4.78 is 0. The fourth-order valence-corrected chi connectivity index (χ4v) is 2.31. The van der Waals surface area contributed by atoms with Crippen molar-refractivity contribution < 1.29 is 9.90 Å². The zero-order valence-corrected chi connectivity index (χ0v) is 11.6. The fourth-order valence-electron chi connectivity index (χ4n) is 1.80. The second kappa shape index (κ2) is 4.85. The molecule has 1 heterocycles. The van der Waals surface area contributed by atoms with Crippen LogP contribution in [0.5, 0.6) is 0 Å². The standard InChI is InChI=1S/C11H11Br2NO2/c12-5-7(13)6-14-10(15)8-3-1-2-4-9(8)11(14)16/h1-4,7,10,15H,5-6H2. The summed E-state index contributed by atoms with van der Waals surface area (Å²) in [5, 5.41) is 10.8. The van der Waals surface area contributed by atoms with E-state index in [1.54, 1.807) is 12.1 Å². The summed E-state index contributed by atoms with van der Waals surface area (Å²) in [6.45, 7) is 0.486. The molecule has 1 aliphatic rings. The highest BCUT2D eigenvalue weighted by Crippen LogP contribution is 2.31. The van der Waals surface area contributed by atoms with E-state index in [-0.39, 0.29) is 10.7 Å². The molecule has 0 aliphatic carbocycles. The average Bonchev–Trinajstić information content (AvgIpc) is 2.55. The molecule has 1 N–H and O–H groups in total. The molecule has 3 nitrogen and oxygen atoms in total. The van der Waals surface area contributed by atoms with Gasteiger partial charge in [0.2, 0.25) is 0 Å². The maximum atomic E-state index is 12.0. The van der Waals surface area contributed by atoms with Crippen LogP contribution in [0.2, 0.25) is 0 Å². The topological polar surface area (TPSA) is 40.5 Å². The first-order valence-corrected chi connectivity index (χ1v) is 6.97. The summed E-state index contributed by atoms with van der Waals surface area (Å²) in [4.78, 5) is 13.6. The van der Waals surface area contributed by atoms with E-state index in [1.807, 2.05) is 12.1 Å². The van der Waals surface area contributed by atoms with Gasteiger partial charge in [-0.05, 0) is 6.07 Å². The molecule has 1 aliphatic heterocycles. The first-order valence-electron chi connectivity index (χ1n) is 4.93. The third kappa shape index (κ3) is 2.04. The van der Waals surface area contributed by atoms with Crippen molar-refractivity contribution in [3.8, 4) is 0 Å². The lowest BCUT2D eigenvalue weighted by Gasteiger charge is -2.22. The Kier molecular flexibility index (Phi) is 3.66. The molecule has 0 radical (unpaired) electrons. The number of alkyl halides is 2. The van der Waals surface area contributed by atoms with E-state index in [9.17, 15) is 9.90 Å². The highest BCUT2D eigenvalue weighted by atomic mass is 79.9. The Hall–Kier alpha value is -0.390. The van der Waals surface area contributed by atoms with E-state index >= 15 is 0 Å². The third-order valence-electron chi connectivity index (χ3n) is 2.59. The second-order valence-electron chi connectivity index (χ2n) is 3.67. The minimum absolute atomic E-state index is 0.103. The van der Waals surface area contributed by atoms with Gasteiger partial charge >= 0.3 is 0 Å². The van der Waals surface area contributed by atoms with Crippen LogP contribution >= 0.6 is 31.9 Å². The molecular formula is C11H11Br2NO2. The number of carbonyl (C=O) groups is 1. The van der Waals surface area contributed by atoms with Crippen LogP contribution in [0.4, 0.5) is 0 Å². The van der Waals surface area contributed by atoms with Crippen LogP contribution in [0.25, 0.3) is 0 Å². The van der Waals surface area contributed by atoms with Crippen molar-refractivity contribution in [2.45, 2.75) is 11.1 Å². The smallest absolute Gasteiger partial charge is 0.256 e. The molecule has 0 saturated carbocycles. The number of rotatable bonds is 3. The van der Waals surface area contributed by atoms with E-state index in [0.29, 0.717) is 17.7 Å². The molecule has 2 atom stereocenters. The van der Waals surface area contributed by atoms with E-state index in [1.165, 1.54) is 4.90 Å². The molecule has 2 rings (SSSR count). The van der Waals surface area contributed by atoms with Crippen LogP contribution in [0, 0.1) is 0 Å². The van der Waals surface area contributed by atoms with Gasteiger partial charge in [-0.2, -0.15) is 0 Å². The lowest BCUT2D eigenvalue weighted by atomic mass is 10.1. The van der Waals surface area contributed by atoms with Gasteiger partial charge in [0.25, 0.3) is 5.91 Å². The van der Waals surface area contributed by atoms with Crippen LogP contribution in [0.1, 0.15) is 22.1 Å². The molecule has 1 aromatic carbocycles. The Morgan fingerprint density at radius 3 is 2.75 bits per heavy atom. The lowest BCUT2D eigenvalue weighted by molar-refractivity contribution is 0.0187. The Morgan fingerprint density at radius 1 is 1.44 bits per heavy atom. The van der Waals surface area contributed by atoms with Gasteiger partial charge in [0.1, 0.15) is 0 Å². The van der Waals surface area contributed by atoms with Crippen molar-refractivity contribution in [1.29, 1.82) is 0 Å². The van der Waals surface area contributed by atoms with Crippen molar-refractivity contribution in [2.75, 3.05) is 11.9 Å². The molecule has 0 saturated heterocycles. The number of hydrogen-bond donors (Lipinski definition) is 1. The van der Waals surface area contributed by atoms with Gasteiger partial charge in [0.05, 0.1) is 0 Å². The molecule has 5 heteroatoms. The van der Waals surface area contributed by atoms with Gasteiger partial charge in [-0.15, -0.1) is 0 Å². The van der Waals surface area contributed by atoms with E-state index in [4.69, 9.17) is 0 Å². The van der Waals surface area contributed by atoms with Crippen LogP contribution < -0.4 is 0 Å². The Bertz CT molecular complexity index is 411. The van der Waals surface area contributed by atoms with Crippen molar-refractivity contribution in [3.63, 3.8) is 0 Å². The number of aliphatic hydroxyl groups excluding tert-OH is 1. The van der Waals surface area contributed by atoms with Gasteiger partial charge in [-0.1, -0.05) is 50.1 Å². The predicted molar refractivity (Wildman–Crippen MR) is 68.9 cm³/mol. The highest BCUT2D eigenvalue weighted by Gasteiger charge is 2.35. The molecular weight excluding hydrogens is 338 g/mol. The summed E-state index contributed by atoms with van der Waals surface area (Å²) in [7, 11) is 0. The lowest BCUT2D eigenvalue weighted by Crippen LogP contribution is -2.33. The van der Waals surface area contributed by atoms with Crippen LogP contribution in [-0.4, -0.2) is 32.6 Å². The summed E-state index contributed by atoms with van der Waals surface area (Å²) in [6, 6.07) is 7.17. The fraction of sp³-hybridized carbons (Fsp3) is 0.364. The largest absolute Gasteiger partial charge is 0.369 e. The predicted octanol–water partition coefficient (Wildman–Crippen LogP) is 2.29. The van der Waals surface area contributed by atoms with E-state index in [2.05, 4.69) is 31.9 Å². The molecule has 0 aromatic heterocycles. The monoisotopic (exact) mass is 347 g/mol. The quantitative estimate of drug-likeness (QED) is 0.851. The number of aliphatic hydroxyl groups is 1. The Labute approximate surface area is 111 Å². The third-order valence-corrected chi connectivity index (χ3v) is 4.85. The first-order chi connectivity index (χ1) is 7.65. The van der Waals surface area contributed by atoms with Crippen LogP contribution in [-0.2, 0) is 0 Å². The highest BCUT2D eigenvalue weighted by molar-refractivity contribution is 9.12. The van der Waals surface area contributed by atoms with Crippen molar-refractivity contribution >= 4 is 37.8 Å². The van der Waals surface area contributed by atoms with Crippen LogP contribution in [0.15, 0.2) is 24.3 Å². The Morgan fingerprint density at radius 2 is 2.12 bits per heavy atom. The molecule has 86 valence electrons. The van der Waals surface area contributed by atoms with Gasteiger partial charge < -0.3 is 10.0 Å².